The quantitative estimate of drug-likeness (QED) is 0.204. The van der Waals surface area contributed by atoms with Crippen molar-refractivity contribution in [3.63, 3.8) is 0 Å². The second kappa shape index (κ2) is 11.5. The number of ketones is 1. The second-order valence-electron chi connectivity index (χ2n) is 7.83. The van der Waals surface area contributed by atoms with Crippen LogP contribution in [0.3, 0.4) is 0 Å². The van der Waals surface area contributed by atoms with Gasteiger partial charge in [-0.2, -0.15) is 13.2 Å². The van der Waals surface area contributed by atoms with Gasteiger partial charge in [0, 0.05) is 44.2 Å². The first-order chi connectivity index (χ1) is 16.6. The maximum absolute atomic E-state index is 12.4. The molecule has 12 heteroatoms. The number of para-hydroxylation sites is 2. The summed E-state index contributed by atoms with van der Waals surface area (Å²) in [7, 11) is 1.65. The van der Waals surface area contributed by atoms with Gasteiger partial charge in [-0.3, -0.25) is 14.5 Å². The third kappa shape index (κ3) is 6.67. The predicted molar refractivity (Wildman–Crippen MR) is 126 cm³/mol. The van der Waals surface area contributed by atoms with Gasteiger partial charge in [0.05, 0.1) is 18.4 Å². The van der Waals surface area contributed by atoms with Crippen LogP contribution >= 0.6 is 11.3 Å². The molecule has 2 heterocycles. The average Bonchev–Trinajstić information content (AvgIpc) is 3.23. The van der Waals surface area contributed by atoms with Crippen LogP contribution in [0.1, 0.15) is 26.5 Å². The summed E-state index contributed by atoms with van der Waals surface area (Å²) in [5.41, 5.74) is 0.850. The first-order valence-electron chi connectivity index (χ1n) is 10.8. The van der Waals surface area contributed by atoms with Crippen LogP contribution in [0.15, 0.2) is 41.5 Å². The number of aliphatic hydroxyl groups excluding tert-OH is 1. The van der Waals surface area contributed by atoms with E-state index in [2.05, 4.69) is 15.1 Å². The fourth-order valence-electron chi connectivity index (χ4n) is 3.66. The standard InChI is InChI=1S/C23H26F3N3O5S/c1-34-18-6-3-2-5-16(18)29-11-9-28(10-12-29)8-4-7-27-22(33)15-14-35-21(20(15)32)17(30)13-19(31)23(24,25)26/h2-3,5-6,13-14,31-32H,4,7-12H2,1H3,(H,27,33). The number of hydrogen-bond acceptors (Lipinski definition) is 8. The Bertz CT molecular complexity index is 1080. The van der Waals surface area contributed by atoms with Crippen molar-refractivity contribution in [1.29, 1.82) is 0 Å². The number of ether oxygens (including phenoxy) is 1. The number of allylic oxidation sites excluding steroid dienone is 2. The number of methoxy groups -OCH3 is 1. The van der Waals surface area contributed by atoms with Crippen molar-refractivity contribution in [3.05, 3.63) is 51.9 Å². The number of anilines is 1. The normalized spacial score (nSPS) is 15.2. The van der Waals surface area contributed by atoms with Gasteiger partial charge >= 0.3 is 6.18 Å². The van der Waals surface area contributed by atoms with Crippen molar-refractivity contribution in [2.75, 3.05) is 51.3 Å². The summed E-state index contributed by atoms with van der Waals surface area (Å²) in [4.78, 5) is 28.3. The molecule has 0 saturated carbocycles. The Kier molecular flexibility index (Phi) is 8.62. The third-order valence-corrected chi connectivity index (χ3v) is 6.51. The molecule has 1 aliphatic rings. The SMILES string of the molecule is COc1ccccc1N1CCN(CCCNC(=O)c2csc(C(=O)C=C(O)C(F)(F)F)c2O)CC1. The van der Waals surface area contributed by atoms with E-state index in [0.717, 1.165) is 44.2 Å². The van der Waals surface area contributed by atoms with E-state index in [1.807, 2.05) is 24.3 Å². The van der Waals surface area contributed by atoms with E-state index in [-0.39, 0.29) is 11.6 Å². The monoisotopic (exact) mass is 513 g/mol. The third-order valence-electron chi connectivity index (χ3n) is 5.53. The van der Waals surface area contributed by atoms with Crippen molar-refractivity contribution in [1.82, 2.24) is 10.2 Å². The topological polar surface area (TPSA) is 102 Å². The molecule has 3 N–H and O–H groups in total. The smallest absolute Gasteiger partial charge is 0.448 e. The number of piperazine rings is 1. The molecule has 0 aliphatic carbocycles. The molecule has 1 aromatic carbocycles. The molecule has 0 atom stereocenters. The van der Waals surface area contributed by atoms with Gasteiger partial charge in [0.2, 0.25) is 11.5 Å². The lowest BCUT2D eigenvalue weighted by Crippen LogP contribution is -2.47. The van der Waals surface area contributed by atoms with Gasteiger partial charge in [-0.1, -0.05) is 12.1 Å². The minimum absolute atomic E-state index is 0.0269. The number of alkyl halides is 3. The Morgan fingerprint density at radius 2 is 1.89 bits per heavy atom. The van der Waals surface area contributed by atoms with E-state index >= 15 is 0 Å². The molecule has 8 nitrogen and oxygen atoms in total. The zero-order valence-corrected chi connectivity index (χ0v) is 19.8. The fraction of sp³-hybridized carbons (Fsp3) is 0.391. The summed E-state index contributed by atoms with van der Waals surface area (Å²) in [6, 6.07) is 7.85. The minimum Gasteiger partial charge on any atom is -0.505 e. The molecule has 1 fully saturated rings. The maximum atomic E-state index is 12.4. The van der Waals surface area contributed by atoms with Crippen LogP contribution in [0.25, 0.3) is 0 Å². The average molecular weight is 514 g/mol. The largest absolute Gasteiger partial charge is 0.505 e. The molecule has 190 valence electrons. The van der Waals surface area contributed by atoms with Crippen LogP contribution in [0.4, 0.5) is 18.9 Å². The molecular weight excluding hydrogens is 487 g/mol. The maximum Gasteiger partial charge on any atom is 0.448 e. The summed E-state index contributed by atoms with van der Waals surface area (Å²) in [5.74, 6) is -3.84. The van der Waals surface area contributed by atoms with Gasteiger partial charge in [0.15, 0.2) is 0 Å². The lowest BCUT2D eigenvalue weighted by Gasteiger charge is -2.36. The van der Waals surface area contributed by atoms with Crippen LogP contribution < -0.4 is 15.0 Å². The summed E-state index contributed by atoms with van der Waals surface area (Å²) < 4.78 is 42.6. The second-order valence-corrected chi connectivity index (χ2v) is 8.71. The Morgan fingerprint density at radius 3 is 2.54 bits per heavy atom. The molecule has 1 saturated heterocycles. The van der Waals surface area contributed by atoms with Crippen molar-refractivity contribution in [2.45, 2.75) is 12.6 Å². The molecule has 0 bridgehead atoms. The number of aliphatic hydroxyl groups is 1. The minimum atomic E-state index is -5.08. The van der Waals surface area contributed by atoms with E-state index in [4.69, 9.17) is 9.84 Å². The van der Waals surface area contributed by atoms with Crippen molar-refractivity contribution in [2.24, 2.45) is 0 Å². The molecule has 0 unspecified atom stereocenters. The summed E-state index contributed by atoms with van der Waals surface area (Å²) >= 11 is 0.623. The molecular formula is C23H26F3N3O5S. The molecule has 1 aliphatic heterocycles. The zero-order valence-electron chi connectivity index (χ0n) is 19.0. The van der Waals surface area contributed by atoms with Crippen molar-refractivity contribution < 1.29 is 37.7 Å². The number of halogens is 3. The Balaban J connectivity index is 1.44. The lowest BCUT2D eigenvalue weighted by molar-refractivity contribution is -0.120. The highest BCUT2D eigenvalue weighted by Crippen LogP contribution is 2.32. The molecule has 0 spiro atoms. The van der Waals surface area contributed by atoms with Gasteiger partial charge in [0.1, 0.15) is 16.4 Å². The molecule has 35 heavy (non-hydrogen) atoms. The number of thiophene rings is 1. The van der Waals surface area contributed by atoms with E-state index in [1.165, 1.54) is 5.38 Å². The zero-order chi connectivity index (χ0) is 25.6. The Morgan fingerprint density at radius 1 is 1.20 bits per heavy atom. The summed E-state index contributed by atoms with van der Waals surface area (Å²) in [6.45, 7) is 4.44. The molecule has 1 amide bonds. The Hall–Kier alpha value is -3.25. The number of nitrogens with zero attached hydrogens (tertiary/aromatic N) is 2. The van der Waals surface area contributed by atoms with Crippen LogP contribution in [0.2, 0.25) is 0 Å². The predicted octanol–water partition coefficient (Wildman–Crippen LogP) is 3.59. The lowest BCUT2D eigenvalue weighted by atomic mass is 10.2. The van der Waals surface area contributed by atoms with Crippen molar-refractivity contribution in [3.8, 4) is 11.5 Å². The van der Waals surface area contributed by atoms with Crippen LogP contribution in [-0.4, -0.2) is 79.4 Å². The molecule has 2 aromatic rings. The van der Waals surface area contributed by atoms with Gasteiger partial charge in [-0.15, -0.1) is 11.3 Å². The first kappa shape index (κ1) is 26.4. The number of amides is 1. The Labute approximate surface area is 204 Å². The highest BCUT2D eigenvalue weighted by molar-refractivity contribution is 7.13. The number of nitrogens with one attached hydrogen (secondary N) is 1. The van der Waals surface area contributed by atoms with Crippen LogP contribution in [0.5, 0.6) is 11.5 Å². The van der Waals surface area contributed by atoms with Gasteiger partial charge in [-0.05, 0) is 25.1 Å². The number of rotatable bonds is 9. The molecule has 0 radical (unpaired) electrons. The number of aromatic hydroxyl groups is 1. The van der Waals surface area contributed by atoms with E-state index in [9.17, 15) is 27.9 Å². The summed E-state index contributed by atoms with van der Waals surface area (Å²) in [6.07, 6.45) is -4.45. The first-order valence-corrected chi connectivity index (χ1v) is 11.7. The van der Waals surface area contributed by atoms with Gasteiger partial charge < -0.3 is 25.2 Å². The molecule has 3 rings (SSSR count). The van der Waals surface area contributed by atoms with E-state index in [1.54, 1.807) is 7.11 Å². The highest BCUT2D eigenvalue weighted by atomic mass is 32.1. The highest BCUT2D eigenvalue weighted by Gasteiger charge is 2.35. The number of benzene rings is 1. The van der Waals surface area contributed by atoms with Gasteiger partial charge in [0.25, 0.3) is 5.91 Å². The fourth-order valence-corrected chi connectivity index (χ4v) is 4.51. The molecule has 1 aromatic heterocycles. The van der Waals surface area contributed by atoms with Crippen LogP contribution in [-0.2, 0) is 0 Å². The number of carbonyl (C=O) groups is 2. The van der Waals surface area contributed by atoms with Crippen molar-refractivity contribution >= 4 is 28.7 Å². The van der Waals surface area contributed by atoms with Gasteiger partial charge in [-0.25, -0.2) is 0 Å². The van der Waals surface area contributed by atoms with Crippen LogP contribution in [0, 0.1) is 0 Å². The summed E-state index contributed by atoms with van der Waals surface area (Å²) in [5, 5.41) is 22.9. The van der Waals surface area contributed by atoms with E-state index < -0.39 is 34.3 Å². The van der Waals surface area contributed by atoms with E-state index in [0.29, 0.717) is 24.3 Å². The number of hydrogen-bond donors (Lipinski definition) is 3. The number of carbonyl (C=O) groups excluding carboxylic acids is 2.